The molecule has 0 unspecified atom stereocenters. The normalized spacial score (nSPS) is 14.5. The predicted molar refractivity (Wildman–Crippen MR) is 237 cm³/mol. The van der Waals surface area contributed by atoms with Crippen molar-refractivity contribution in [2.75, 3.05) is 51.3 Å². The average Bonchev–Trinajstić information content (AvgIpc) is 3.18. The van der Waals surface area contributed by atoms with Crippen LogP contribution in [0.5, 0.6) is 5.75 Å². The Kier molecular flexibility index (Phi) is 27.1. The molecule has 10 nitrogen and oxygen atoms in total. The van der Waals surface area contributed by atoms with Crippen LogP contribution in [0.15, 0.2) is 36.4 Å². The van der Waals surface area contributed by atoms with Crippen molar-refractivity contribution < 1.29 is 33.8 Å². The highest BCUT2D eigenvalue weighted by molar-refractivity contribution is 5.91. The molecule has 0 radical (unpaired) electrons. The number of rotatable bonds is 15. The molecular formula is C48H79N3O7. The third kappa shape index (κ3) is 21.7. The summed E-state index contributed by atoms with van der Waals surface area (Å²) in [5.74, 6) is 2.81. The topological polar surface area (TPSA) is 125 Å². The van der Waals surface area contributed by atoms with Crippen molar-refractivity contribution in [2.24, 2.45) is 17.8 Å². The summed E-state index contributed by atoms with van der Waals surface area (Å²) in [5.41, 5.74) is 5.31. The largest absolute Gasteiger partial charge is 0.507 e. The lowest BCUT2D eigenvalue weighted by Crippen LogP contribution is -2.39. The summed E-state index contributed by atoms with van der Waals surface area (Å²) in [4.78, 5) is 48.8. The van der Waals surface area contributed by atoms with Gasteiger partial charge in [0.1, 0.15) is 5.75 Å². The third-order valence-corrected chi connectivity index (χ3v) is 10.6. The second kappa shape index (κ2) is 30.2. The minimum Gasteiger partial charge on any atom is -0.507 e. The molecule has 2 heterocycles. The van der Waals surface area contributed by atoms with Crippen LogP contribution in [0, 0.1) is 38.5 Å². The molecule has 0 aromatic heterocycles. The van der Waals surface area contributed by atoms with Gasteiger partial charge in [-0.2, -0.15) is 0 Å². The van der Waals surface area contributed by atoms with E-state index in [0.29, 0.717) is 31.2 Å². The molecule has 328 valence electrons. The fourth-order valence-electron chi connectivity index (χ4n) is 7.52. The van der Waals surface area contributed by atoms with Crippen molar-refractivity contribution in [3.05, 3.63) is 58.7 Å². The second-order valence-electron chi connectivity index (χ2n) is 16.1. The number of para-hydroxylation sites is 1. The first-order valence-electron chi connectivity index (χ1n) is 22.1. The number of ketones is 1. The quantitative estimate of drug-likeness (QED) is 0.170. The molecule has 2 aliphatic rings. The fraction of sp³-hybridized carbons (Fsp3) is 0.667. The van der Waals surface area contributed by atoms with Crippen molar-refractivity contribution >= 4 is 29.4 Å². The number of benzene rings is 2. The van der Waals surface area contributed by atoms with E-state index in [0.717, 1.165) is 86.9 Å². The van der Waals surface area contributed by atoms with Crippen LogP contribution in [-0.2, 0) is 30.3 Å². The van der Waals surface area contributed by atoms with Gasteiger partial charge in [0.05, 0.1) is 13.2 Å². The van der Waals surface area contributed by atoms with E-state index in [-0.39, 0.29) is 30.4 Å². The van der Waals surface area contributed by atoms with Crippen LogP contribution in [0.25, 0.3) is 0 Å². The monoisotopic (exact) mass is 810 g/mol. The summed E-state index contributed by atoms with van der Waals surface area (Å²) in [6.45, 7) is 24.5. The molecule has 2 aliphatic heterocycles. The van der Waals surface area contributed by atoms with Gasteiger partial charge in [-0.25, -0.2) is 4.79 Å². The SMILES string of the molecule is CC(=O)COC(=O)N1CCC(C)CC1.CCCC(=O)Nc1ccccc1CCC.CCCC(CCC)C1CCN(CC(=O)OCC)CC1.Cc1cc(C)c(O)c(C)c1. The van der Waals surface area contributed by atoms with Gasteiger partial charge in [-0.05, 0) is 127 Å². The molecule has 0 bridgehead atoms. The van der Waals surface area contributed by atoms with Crippen molar-refractivity contribution in [1.82, 2.24) is 9.80 Å². The van der Waals surface area contributed by atoms with Crippen LogP contribution in [-0.4, -0.2) is 84.6 Å². The molecule has 2 fully saturated rings. The number of ether oxygens (including phenoxy) is 2. The van der Waals surface area contributed by atoms with E-state index >= 15 is 0 Å². The Labute approximate surface area is 351 Å². The number of esters is 1. The Bertz CT molecular complexity index is 1450. The van der Waals surface area contributed by atoms with E-state index in [2.05, 4.69) is 44.0 Å². The molecule has 2 amide bonds. The zero-order valence-corrected chi connectivity index (χ0v) is 37.9. The van der Waals surface area contributed by atoms with E-state index in [4.69, 9.17) is 9.47 Å². The van der Waals surface area contributed by atoms with E-state index < -0.39 is 0 Å². The van der Waals surface area contributed by atoms with Crippen LogP contribution < -0.4 is 5.32 Å². The van der Waals surface area contributed by atoms with Gasteiger partial charge >= 0.3 is 12.1 Å². The van der Waals surface area contributed by atoms with Crippen molar-refractivity contribution in [2.45, 2.75) is 146 Å². The van der Waals surface area contributed by atoms with E-state index in [1.54, 1.807) is 4.90 Å². The highest BCUT2D eigenvalue weighted by Crippen LogP contribution is 2.31. The Morgan fingerprint density at radius 3 is 1.91 bits per heavy atom. The number of carbonyl (C=O) groups excluding carboxylic acids is 4. The number of amides is 2. The lowest BCUT2D eigenvalue weighted by atomic mass is 9.79. The standard InChI is InChI=1S/C16H31NO2.C13H19NO.C10H17NO3.C9H12O/c1-4-7-14(8-5-2)15-9-11-17(12-10-15)13-16(18)19-6-3;1-3-7-11-9-5-6-10-12(11)14-13(15)8-4-2;1-8-3-5-11(6-4-8)10(13)14-7-9(2)12;1-6-4-7(2)9(10)8(3)5-6/h14-15H,4-13H2,1-3H3;5-6,9-10H,3-4,7-8H2,1-2H3,(H,14,15);8H,3-7H2,1-2H3;4-5,10H,1-3H3. The zero-order valence-electron chi connectivity index (χ0n) is 37.9. The average molecular weight is 810 g/mol. The van der Waals surface area contributed by atoms with E-state index in [1.807, 2.05) is 65.0 Å². The number of nitrogens with zero attached hydrogens (tertiary/aromatic N) is 2. The highest BCUT2D eigenvalue weighted by Gasteiger charge is 2.26. The molecule has 2 aromatic rings. The van der Waals surface area contributed by atoms with Gasteiger partial charge in [-0.3, -0.25) is 19.3 Å². The molecule has 58 heavy (non-hydrogen) atoms. The molecule has 0 spiro atoms. The number of hydrogen-bond acceptors (Lipinski definition) is 8. The van der Waals surface area contributed by atoms with Crippen molar-refractivity contribution in [3.63, 3.8) is 0 Å². The summed E-state index contributed by atoms with van der Waals surface area (Å²) < 4.78 is 9.83. The van der Waals surface area contributed by atoms with Gasteiger partial charge < -0.3 is 24.8 Å². The van der Waals surface area contributed by atoms with Gasteiger partial charge in [-0.15, -0.1) is 0 Å². The van der Waals surface area contributed by atoms with Crippen LogP contribution in [0.1, 0.15) is 141 Å². The summed E-state index contributed by atoms with van der Waals surface area (Å²) >= 11 is 0. The molecule has 4 rings (SSSR count). The Hall–Kier alpha value is -3.92. The molecule has 0 atom stereocenters. The number of likely N-dealkylation sites (tertiary alicyclic amines) is 2. The lowest BCUT2D eigenvalue weighted by Gasteiger charge is -2.35. The van der Waals surface area contributed by atoms with Crippen molar-refractivity contribution in [1.29, 1.82) is 0 Å². The van der Waals surface area contributed by atoms with Gasteiger partial charge in [0.15, 0.2) is 12.4 Å². The maximum atomic E-state index is 11.5. The molecule has 2 saturated heterocycles. The first-order valence-corrected chi connectivity index (χ1v) is 22.1. The van der Waals surface area contributed by atoms with E-state index in [9.17, 15) is 24.3 Å². The summed E-state index contributed by atoms with van der Waals surface area (Å²) in [5, 5.41) is 12.3. The minimum absolute atomic E-state index is 0.0698. The number of phenols is 1. The summed E-state index contributed by atoms with van der Waals surface area (Å²) in [6, 6.07) is 12.0. The minimum atomic E-state index is -0.355. The number of Topliss-reactive ketones (excluding diaryl/α,β-unsaturated/α-hetero) is 1. The summed E-state index contributed by atoms with van der Waals surface area (Å²) in [6.07, 6.45) is 13.1. The van der Waals surface area contributed by atoms with Gasteiger partial charge in [0.25, 0.3) is 0 Å². The highest BCUT2D eigenvalue weighted by atomic mass is 16.6. The number of aryl methyl sites for hydroxylation is 4. The maximum Gasteiger partial charge on any atom is 0.410 e. The first-order chi connectivity index (χ1) is 27.7. The predicted octanol–water partition coefficient (Wildman–Crippen LogP) is 10.6. The molecule has 0 aliphatic carbocycles. The number of anilines is 1. The second-order valence-corrected chi connectivity index (χ2v) is 16.1. The summed E-state index contributed by atoms with van der Waals surface area (Å²) in [7, 11) is 0. The lowest BCUT2D eigenvalue weighted by molar-refractivity contribution is -0.144. The van der Waals surface area contributed by atoms with Crippen LogP contribution >= 0.6 is 0 Å². The van der Waals surface area contributed by atoms with Crippen molar-refractivity contribution in [3.8, 4) is 5.75 Å². The van der Waals surface area contributed by atoms with Crippen LogP contribution in [0.2, 0.25) is 0 Å². The molecule has 2 aromatic carbocycles. The van der Waals surface area contributed by atoms with Gasteiger partial charge in [0.2, 0.25) is 5.91 Å². The Morgan fingerprint density at radius 2 is 1.40 bits per heavy atom. The third-order valence-electron chi connectivity index (χ3n) is 10.6. The fourth-order valence-corrected chi connectivity index (χ4v) is 7.52. The number of piperidine rings is 2. The number of aromatic hydroxyl groups is 1. The first kappa shape index (κ1) is 52.1. The molecule has 2 N–H and O–H groups in total. The smallest absolute Gasteiger partial charge is 0.410 e. The molecule has 0 saturated carbocycles. The van der Waals surface area contributed by atoms with Gasteiger partial charge in [-0.1, -0.05) is 103 Å². The Balaban J connectivity index is 0.000000395. The zero-order chi connectivity index (χ0) is 43.5. The number of hydrogen-bond donors (Lipinski definition) is 2. The molecule has 10 heteroatoms. The van der Waals surface area contributed by atoms with Crippen LogP contribution in [0.3, 0.4) is 0 Å². The number of phenolic OH excluding ortho intramolecular Hbond substituents is 1. The Morgan fingerprint density at radius 1 is 0.810 bits per heavy atom. The van der Waals surface area contributed by atoms with Crippen LogP contribution in [0.4, 0.5) is 10.5 Å². The number of nitrogens with one attached hydrogen (secondary N) is 1. The number of carbonyl (C=O) groups is 4. The molecular weight excluding hydrogens is 731 g/mol. The van der Waals surface area contributed by atoms with Gasteiger partial charge in [0, 0.05) is 25.2 Å². The maximum absolute atomic E-state index is 11.5. The van der Waals surface area contributed by atoms with E-state index in [1.165, 1.54) is 56.6 Å².